The van der Waals surface area contributed by atoms with Gasteiger partial charge in [-0.15, -0.1) is 0 Å². The van der Waals surface area contributed by atoms with E-state index in [0.29, 0.717) is 12.0 Å². The Bertz CT molecular complexity index is 413. The summed E-state index contributed by atoms with van der Waals surface area (Å²) in [5.41, 5.74) is 0.0232. The third-order valence-corrected chi connectivity index (χ3v) is 2.54. The maximum Gasteiger partial charge on any atom is 0.246 e. The molecular weight excluding hydrogens is 252 g/mol. The van der Waals surface area contributed by atoms with Gasteiger partial charge < -0.3 is 10.6 Å². The van der Waals surface area contributed by atoms with Crippen LogP contribution in [0.3, 0.4) is 0 Å². The van der Waals surface area contributed by atoms with Gasteiger partial charge in [-0.1, -0.05) is 12.2 Å². The second-order valence-electron chi connectivity index (χ2n) is 6.67. The van der Waals surface area contributed by atoms with E-state index in [1.807, 2.05) is 40.7 Å². The molecule has 0 radical (unpaired) electrons. The number of allylic oxidation sites excluding steroid dienone is 1. The summed E-state index contributed by atoms with van der Waals surface area (Å²) < 4.78 is 0. The summed E-state index contributed by atoms with van der Waals surface area (Å²) in [6.07, 6.45) is 5.64. The lowest BCUT2D eigenvalue weighted by Gasteiger charge is -2.25. The Morgan fingerprint density at radius 3 is 2.05 bits per heavy atom. The molecule has 0 aromatic carbocycles. The van der Waals surface area contributed by atoms with Gasteiger partial charge >= 0.3 is 0 Å². The molecule has 2 amide bonds. The molecule has 4 heteroatoms. The molecule has 0 aliphatic rings. The van der Waals surface area contributed by atoms with Gasteiger partial charge in [0.15, 0.2) is 0 Å². The molecule has 0 aromatic heterocycles. The Morgan fingerprint density at radius 1 is 1.05 bits per heavy atom. The minimum absolute atomic E-state index is 0.0759. The van der Waals surface area contributed by atoms with Gasteiger partial charge in [0.2, 0.25) is 11.8 Å². The van der Waals surface area contributed by atoms with Crippen LogP contribution in [-0.2, 0) is 9.59 Å². The van der Waals surface area contributed by atoms with E-state index in [9.17, 15) is 9.59 Å². The van der Waals surface area contributed by atoms with Crippen molar-refractivity contribution in [2.75, 3.05) is 0 Å². The largest absolute Gasteiger partial charge is 0.348 e. The quantitative estimate of drug-likeness (QED) is 0.761. The Balaban J connectivity index is 4.59. The van der Waals surface area contributed by atoms with Crippen LogP contribution in [0.5, 0.6) is 0 Å². The molecule has 114 valence electrons. The Hall–Kier alpha value is -1.58. The molecule has 0 aliphatic heterocycles. The average molecular weight is 280 g/mol. The van der Waals surface area contributed by atoms with Crippen LogP contribution in [0.4, 0.5) is 0 Å². The minimum atomic E-state index is -0.389. The molecule has 0 heterocycles. The second-order valence-corrected chi connectivity index (χ2v) is 6.67. The highest BCUT2D eigenvalue weighted by Crippen LogP contribution is 2.12. The predicted molar refractivity (Wildman–Crippen MR) is 83.3 cm³/mol. The molecule has 0 aromatic rings. The van der Waals surface area contributed by atoms with Gasteiger partial charge in [-0.3, -0.25) is 9.59 Å². The van der Waals surface area contributed by atoms with E-state index in [0.717, 1.165) is 0 Å². The van der Waals surface area contributed by atoms with Crippen molar-refractivity contribution in [3.05, 3.63) is 23.8 Å². The summed E-state index contributed by atoms with van der Waals surface area (Å²) in [6, 6.07) is 0. The molecule has 0 saturated carbocycles. The van der Waals surface area contributed by atoms with E-state index in [4.69, 9.17) is 0 Å². The molecule has 0 fully saturated rings. The smallest absolute Gasteiger partial charge is 0.246 e. The Labute approximate surface area is 122 Å². The predicted octanol–water partition coefficient (Wildman–Crippen LogP) is 2.71. The zero-order valence-electron chi connectivity index (χ0n) is 13.8. The zero-order chi connectivity index (χ0) is 16.0. The monoisotopic (exact) mass is 280 g/mol. The van der Waals surface area contributed by atoms with Crippen LogP contribution in [0.25, 0.3) is 0 Å². The van der Waals surface area contributed by atoms with Crippen molar-refractivity contribution in [2.45, 2.75) is 66.0 Å². The maximum atomic E-state index is 11.9. The van der Waals surface area contributed by atoms with E-state index in [1.165, 1.54) is 6.08 Å². The normalized spacial score (nSPS) is 13.4. The van der Waals surface area contributed by atoms with Gasteiger partial charge in [-0.05, 0) is 61.0 Å². The standard InChI is InChI=1S/C16H28N2O2/c1-8-9-13(19)17-16(6,7)11-10-12(2)14(20)18-15(3,4)5/h8-10H,11H2,1-7H3,(H,17,19)(H,18,20)/b9-8+,12-10-. The number of amides is 2. The fourth-order valence-electron chi connectivity index (χ4n) is 1.52. The second kappa shape index (κ2) is 7.27. The lowest BCUT2D eigenvalue weighted by Crippen LogP contribution is -2.43. The highest BCUT2D eigenvalue weighted by molar-refractivity contribution is 5.93. The molecule has 0 unspecified atom stereocenters. The van der Waals surface area contributed by atoms with Crippen LogP contribution < -0.4 is 10.6 Å². The molecule has 20 heavy (non-hydrogen) atoms. The summed E-state index contributed by atoms with van der Waals surface area (Å²) in [7, 11) is 0. The van der Waals surface area contributed by atoms with E-state index >= 15 is 0 Å². The SMILES string of the molecule is C/C=C/C(=O)NC(C)(C)C/C=C(/C)C(=O)NC(C)(C)C. The zero-order valence-corrected chi connectivity index (χ0v) is 13.8. The minimum Gasteiger partial charge on any atom is -0.348 e. The van der Waals surface area contributed by atoms with Crippen LogP contribution >= 0.6 is 0 Å². The van der Waals surface area contributed by atoms with Crippen LogP contribution in [-0.4, -0.2) is 22.9 Å². The van der Waals surface area contributed by atoms with Crippen molar-refractivity contribution >= 4 is 11.8 Å². The number of nitrogens with one attached hydrogen (secondary N) is 2. The van der Waals surface area contributed by atoms with Crippen LogP contribution in [0.1, 0.15) is 54.9 Å². The van der Waals surface area contributed by atoms with E-state index in [-0.39, 0.29) is 22.9 Å². The fourth-order valence-corrected chi connectivity index (χ4v) is 1.52. The van der Waals surface area contributed by atoms with E-state index in [1.54, 1.807) is 19.9 Å². The molecular formula is C16H28N2O2. The van der Waals surface area contributed by atoms with Gasteiger partial charge in [0.25, 0.3) is 0 Å². The molecule has 0 spiro atoms. The van der Waals surface area contributed by atoms with Crippen molar-refractivity contribution in [1.82, 2.24) is 10.6 Å². The van der Waals surface area contributed by atoms with Crippen molar-refractivity contribution in [1.29, 1.82) is 0 Å². The molecule has 4 nitrogen and oxygen atoms in total. The molecule has 0 atom stereocenters. The van der Waals surface area contributed by atoms with E-state index in [2.05, 4.69) is 10.6 Å². The van der Waals surface area contributed by atoms with Gasteiger partial charge in [0.1, 0.15) is 0 Å². The van der Waals surface area contributed by atoms with Gasteiger partial charge in [0.05, 0.1) is 0 Å². The highest BCUT2D eigenvalue weighted by Gasteiger charge is 2.19. The number of carbonyl (C=O) groups excluding carboxylic acids is 2. The Kier molecular flexibility index (Phi) is 6.69. The molecule has 2 N–H and O–H groups in total. The van der Waals surface area contributed by atoms with Crippen molar-refractivity contribution < 1.29 is 9.59 Å². The lowest BCUT2D eigenvalue weighted by atomic mass is 9.98. The van der Waals surface area contributed by atoms with Crippen molar-refractivity contribution in [3.8, 4) is 0 Å². The van der Waals surface area contributed by atoms with Crippen LogP contribution in [0, 0.1) is 0 Å². The van der Waals surface area contributed by atoms with Gasteiger partial charge in [0, 0.05) is 16.7 Å². The Morgan fingerprint density at radius 2 is 1.60 bits per heavy atom. The number of carbonyl (C=O) groups is 2. The molecule has 0 saturated heterocycles. The lowest BCUT2D eigenvalue weighted by molar-refractivity contribution is -0.119. The topological polar surface area (TPSA) is 58.2 Å². The summed E-state index contributed by atoms with van der Waals surface area (Å²) in [4.78, 5) is 23.4. The van der Waals surface area contributed by atoms with Crippen molar-refractivity contribution in [2.24, 2.45) is 0 Å². The van der Waals surface area contributed by atoms with Crippen molar-refractivity contribution in [3.63, 3.8) is 0 Å². The number of hydrogen-bond donors (Lipinski definition) is 2. The summed E-state index contributed by atoms with van der Waals surface area (Å²) in [5, 5.41) is 5.81. The van der Waals surface area contributed by atoms with Gasteiger partial charge in [-0.25, -0.2) is 0 Å². The molecule has 0 rings (SSSR count). The summed E-state index contributed by atoms with van der Waals surface area (Å²) in [6.45, 7) is 13.3. The highest BCUT2D eigenvalue weighted by atomic mass is 16.2. The number of rotatable bonds is 5. The van der Waals surface area contributed by atoms with E-state index < -0.39 is 0 Å². The number of hydrogen-bond acceptors (Lipinski definition) is 2. The first-order valence-corrected chi connectivity index (χ1v) is 6.91. The molecule has 0 aliphatic carbocycles. The first-order valence-electron chi connectivity index (χ1n) is 6.91. The third kappa shape index (κ3) is 8.51. The molecule has 0 bridgehead atoms. The van der Waals surface area contributed by atoms with Gasteiger partial charge in [-0.2, -0.15) is 0 Å². The summed E-state index contributed by atoms with van der Waals surface area (Å²) in [5.74, 6) is -0.198. The van der Waals surface area contributed by atoms with Crippen LogP contribution in [0.2, 0.25) is 0 Å². The fraction of sp³-hybridized carbons (Fsp3) is 0.625. The average Bonchev–Trinajstić information content (AvgIpc) is 2.23. The first-order chi connectivity index (χ1) is 8.97. The third-order valence-electron chi connectivity index (χ3n) is 2.54. The van der Waals surface area contributed by atoms with Crippen LogP contribution in [0.15, 0.2) is 23.8 Å². The first kappa shape index (κ1) is 18.4. The maximum absolute atomic E-state index is 11.9. The summed E-state index contributed by atoms with van der Waals surface area (Å²) >= 11 is 0.